The van der Waals surface area contributed by atoms with Crippen LogP contribution in [0, 0.1) is 5.92 Å². The van der Waals surface area contributed by atoms with Crippen LogP contribution in [0.25, 0.3) is 0 Å². The molecule has 0 N–H and O–H groups in total. The maximum absolute atomic E-state index is 12.8. The van der Waals surface area contributed by atoms with Gasteiger partial charge in [-0.3, -0.25) is 9.59 Å². The van der Waals surface area contributed by atoms with E-state index >= 15 is 0 Å². The van der Waals surface area contributed by atoms with Crippen molar-refractivity contribution in [1.29, 1.82) is 0 Å². The summed E-state index contributed by atoms with van der Waals surface area (Å²) in [5, 5.41) is 0.442. The fourth-order valence-electron chi connectivity index (χ4n) is 3.00. The molecule has 0 aromatic heterocycles. The Labute approximate surface area is 165 Å². The van der Waals surface area contributed by atoms with E-state index in [4.69, 9.17) is 16.3 Å². The lowest BCUT2D eigenvalue weighted by atomic mass is 9.97. The summed E-state index contributed by atoms with van der Waals surface area (Å²) in [6, 6.07) is 5.86. The van der Waals surface area contributed by atoms with E-state index in [0.29, 0.717) is 37.6 Å². The summed E-state index contributed by atoms with van der Waals surface area (Å²) in [5.41, 5.74) is 0. The summed E-state index contributed by atoms with van der Waals surface area (Å²) >= 11 is 5.81. The van der Waals surface area contributed by atoms with Crippen molar-refractivity contribution in [3.05, 3.63) is 29.3 Å². The number of hydrogen-bond donors (Lipinski definition) is 0. The number of likely N-dealkylation sites (tertiary alicyclic amines) is 1. The van der Waals surface area contributed by atoms with E-state index in [-0.39, 0.29) is 35.8 Å². The van der Waals surface area contributed by atoms with Crippen LogP contribution in [0.5, 0.6) is 0 Å². The van der Waals surface area contributed by atoms with Crippen LogP contribution in [-0.2, 0) is 24.3 Å². The highest BCUT2D eigenvalue weighted by molar-refractivity contribution is 7.89. The number of likely N-dealkylation sites (N-methyl/N-ethyl adjacent to an activating group) is 1. The van der Waals surface area contributed by atoms with Crippen LogP contribution in [0.4, 0.5) is 0 Å². The van der Waals surface area contributed by atoms with Gasteiger partial charge in [0, 0.05) is 24.7 Å². The molecule has 1 aliphatic heterocycles. The number of esters is 1. The van der Waals surface area contributed by atoms with E-state index in [2.05, 4.69) is 0 Å². The standard InChI is InChI=1S/C18H25ClN2O5S/c1-3-21(27(24,25)16-7-5-15(19)6-8-16)13-17(22)20-11-9-14(10-12-20)18(23)26-4-2/h5-8,14H,3-4,9-13H2,1-2H3. The number of sulfonamides is 1. The summed E-state index contributed by atoms with van der Waals surface area (Å²) in [6.45, 7) is 4.57. The first-order valence-corrected chi connectivity index (χ1v) is 10.8. The summed E-state index contributed by atoms with van der Waals surface area (Å²) in [5.74, 6) is -0.698. The quantitative estimate of drug-likeness (QED) is 0.636. The number of hydrogen-bond acceptors (Lipinski definition) is 5. The molecule has 0 spiro atoms. The summed E-state index contributed by atoms with van der Waals surface area (Å²) in [4.78, 5) is 26.1. The Morgan fingerprint density at radius 3 is 2.30 bits per heavy atom. The van der Waals surface area contributed by atoms with Crippen LogP contribution >= 0.6 is 11.6 Å². The fraction of sp³-hybridized carbons (Fsp3) is 0.556. The first kappa shape index (κ1) is 21.7. The molecule has 0 unspecified atom stereocenters. The van der Waals surface area contributed by atoms with Gasteiger partial charge in [-0.1, -0.05) is 18.5 Å². The molecule has 27 heavy (non-hydrogen) atoms. The monoisotopic (exact) mass is 416 g/mol. The number of rotatable bonds is 7. The van der Waals surface area contributed by atoms with Crippen molar-refractivity contribution in [3.63, 3.8) is 0 Å². The van der Waals surface area contributed by atoms with Crippen LogP contribution < -0.4 is 0 Å². The molecule has 1 heterocycles. The molecule has 0 aliphatic carbocycles. The van der Waals surface area contributed by atoms with Crippen molar-refractivity contribution in [3.8, 4) is 0 Å². The second kappa shape index (κ2) is 9.52. The molecule has 0 radical (unpaired) electrons. The third-order valence-electron chi connectivity index (χ3n) is 4.58. The number of halogens is 1. The third-order valence-corrected chi connectivity index (χ3v) is 6.77. The summed E-state index contributed by atoms with van der Waals surface area (Å²) in [6.07, 6.45) is 1.06. The smallest absolute Gasteiger partial charge is 0.309 e. The largest absolute Gasteiger partial charge is 0.466 e. The van der Waals surface area contributed by atoms with E-state index < -0.39 is 10.0 Å². The van der Waals surface area contributed by atoms with Gasteiger partial charge in [0.25, 0.3) is 0 Å². The fourth-order valence-corrected chi connectivity index (χ4v) is 4.52. The Hall–Kier alpha value is -1.64. The van der Waals surface area contributed by atoms with E-state index in [9.17, 15) is 18.0 Å². The molecule has 2 rings (SSSR count). The summed E-state index contributed by atoms with van der Waals surface area (Å²) in [7, 11) is -3.78. The molecule has 1 aromatic carbocycles. The Kier molecular flexibility index (Phi) is 7.64. The second-order valence-electron chi connectivity index (χ2n) is 6.29. The summed E-state index contributed by atoms with van der Waals surface area (Å²) < 4.78 is 31.7. The van der Waals surface area contributed by atoms with Gasteiger partial charge in [-0.2, -0.15) is 4.31 Å². The Morgan fingerprint density at radius 2 is 1.78 bits per heavy atom. The minimum absolute atomic E-state index is 0.0996. The maximum atomic E-state index is 12.8. The van der Waals surface area contributed by atoms with Crippen molar-refractivity contribution in [1.82, 2.24) is 9.21 Å². The molecule has 0 atom stereocenters. The van der Waals surface area contributed by atoms with Crippen LogP contribution in [-0.4, -0.2) is 62.3 Å². The van der Waals surface area contributed by atoms with Gasteiger partial charge in [0.05, 0.1) is 24.0 Å². The van der Waals surface area contributed by atoms with Crippen molar-refractivity contribution in [2.75, 3.05) is 32.8 Å². The molecular formula is C18H25ClN2O5S. The highest BCUT2D eigenvalue weighted by atomic mass is 35.5. The van der Waals surface area contributed by atoms with Gasteiger partial charge >= 0.3 is 5.97 Å². The zero-order valence-electron chi connectivity index (χ0n) is 15.6. The molecular weight excluding hydrogens is 392 g/mol. The molecule has 0 saturated carbocycles. The first-order chi connectivity index (χ1) is 12.8. The van der Waals surface area contributed by atoms with E-state index in [1.54, 1.807) is 18.7 Å². The highest BCUT2D eigenvalue weighted by Gasteiger charge is 2.31. The minimum Gasteiger partial charge on any atom is -0.466 e. The predicted molar refractivity (Wildman–Crippen MR) is 102 cm³/mol. The molecule has 1 aromatic rings. The lowest BCUT2D eigenvalue weighted by molar-refractivity contribution is -0.151. The van der Waals surface area contributed by atoms with Gasteiger partial charge in [0.1, 0.15) is 0 Å². The van der Waals surface area contributed by atoms with Gasteiger partial charge < -0.3 is 9.64 Å². The first-order valence-electron chi connectivity index (χ1n) is 8.99. The molecule has 1 fully saturated rings. The molecule has 1 aliphatic rings. The van der Waals surface area contributed by atoms with Gasteiger partial charge in [-0.05, 0) is 44.0 Å². The number of benzene rings is 1. The molecule has 150 valence electrons. The predicted octanol–water partition coefficient (Wildman–Crippen LogP) is 2.15. The number of nitrogens with zero attached hydrogens (tertiary/aromatic N) is 2. The number of carbonyl (C=O) groups excluding carboxylic acids is 2. The lowest BCUT2D eigenvalue weighted by Crippen LogP contribution is -2.46. The van der Waals surface area contributed by atoms with Gasteiger partial charge in [0.15, 0.2) is 0 Å². The maximum Gasteiger partial charge on any atom is 0.309 e. The second-order valence-corrected chi connectivity index (χ2v) is 8.67. The Bertz CT molecular complexity index is 758. The average Bonchev–Trinajstić information content (AvgIpc) is 2.66. The average molecular weight is 417 g/mol. The van der Waals surface area contributed by atoms with Crippen molar-refractivity contribution in [2.24, 2.45) is 5.92 Å². The van der Waals surface area contributed by atoms with Crippen LogP contribution in [0.3, 0.4) is 0 Å². The van der Waals surface area contributed by atoms with E-state index in [1.807, 2.05) is 0 Å². The minimum atomic E-state index is -3.78. The third kappa shape index (κ3) is 5.43. The van der Waals surface area contributed by atoms with E-state index in [1.165, 1.54) is 24.3 Å². The number of amides is 1. The number of ether oxygens (including phenoxy) is 1. The Balaban J connectivity index is 1.99. The number of piperidine rings is 1. The zero-order valence-corrected chi connectivity index (χ0v) is 17.1. The van der Waals surface area contributed by atoms with Crippen LogP contribution in [0.15, 0.2) is 29.2 Å². The van der Waals surface area contributed by atoms with Gasteiger partial charge in [-0.25, -0.2) is 8.42 Å². The van der Waals surface area contributed by atoms with Crippen molar-refractivity contribution >= 4 is 33.5 Å². The molecule has 9 heteroatoms. The zero-order chi connectivity index (χ0) is 20.0. The van der Waals surface area contributed by atoms with Crippen LogP contribution in [0.2, 0.25) is 5.02 Å². The number of carbonyl (C=O) groups is 2. The molecule has 0 bridgehead atoms. The van der Waals surface area contributed by atoms with Crippen molar-refractivity contribution < 1.29 is 22.7 Å². The molecule has 7 nitrogen and oxygen atoms in total. The van der Waals surface area contributed by atoms with Crippen molar-refractivity contribution in [2.45, 2.75) is 31.6 Å². The SMILES string of the molecule is CCOC(=O)C1CCN(C(=O)CN(CC)S(=O)(=O)c2ccc(Cl)cc2)CC1. The molecule has 1 saturated heterocycles. The lowest BCUT2D eigenvalue weighted by Gasteiger charge is -2.32. The van der Waals surface area contributed by atoms with Gasteiger partial charge in [0.2, 0.25) is 15.9 Å². The van der Waals surface area contributed by atoms with Crippen LogP contribution in [0.1, 0.15) is 26.7 Å². The topological polar surface area (TPSA) is 84.0 Å². The highest BCUT2D eigenvalue weighted by Crippen LogP contribution is 2.21. The van der Waals surface area contributed by atoms with E-state index in [0.717, 1.165) is 4.31 Å². The van der Waals surface area contributed by atoms with Gasteiger partial charge in [-0.15, -0.1) is 0 Å². The normalized spacial score (nSPS) is 15.8. The molecule has 1 amide bonds. The Morgan fingerprint density at radius 1 is 1.19 bits per heavy atom.